The Labute approximate surface area is 90.7 Å². The Morgan fingerprint density at radius 3 is 2.56 bits per heavy atom. The van der Waals surface area contributed by atoms with Gasteiger partial charge >= 0.3 is 6.18 Å². The predicted molar refractivity (Wildman–Crippen MR) is 52.1 cm³/mol. The first-order chi connectivity index (χ1) is 7.57. The summed E-state index contributed by atoms with van der Waals surface area (Å²) in [6.07, 6.45) is -0.238. The maximum Gasteiger partial charge on any atom is 0.417 e. The number of rotatable bonds is 3. The van der Waals surface area contributed by atoms with E-state index in [9.17, 15) is 13.2 Å². The Morgan fingerprint density at radius 1 is 1.25 bits per heavy atom. The van der Waals surface area contributed by atoms with Gasteiger partial charge in [-0.2, -0.15) is 13.2 Å². The fraction of sp³-hybridized carbons (Fsp3) is 0.364. The van der Waals surface area contributed by atoms with Gasteiger partial charge in [-0.05, 0) is 18.9 Å². The van der Waals surface area contributed by atoms with E-state index in [0.29, 0.717) is 0 Å². The molecule has 0 aromatic heterocycles. The molecule has 0 aliphatic heterocycles. The van der Waals surface area contributed by atoms with Crippen LogP contribution in [0.1, 0.15) is 24.0 Å². The lowest BCUT2D eigenvalue weighted by Crippen LogP contribution is -2.08. The van der Waals surface area contributed by atoms with E-state index in [-0.39, 0.29) is 11.7 Å². The SMILES string of the molecule is FC(F)(F)c1ccccc1/[C]=N/OC1CC1. The molecule has 0 N–H and O–H groups in total. The van der Waals surface area contributed by atoms with Crippen LogP contribution in [-0.4, -0.2) is 12.3 Å². The van der Waals surface area contributed by atoms with Gasteiger partial charge in [0.05, 0.1) is 5.56 Å². The summed E-state index contributed by atoms with van der Waals surface area (Å²) in [6.45, 7) is 0. The molecule has 1 fully saturated rings. The van der Waals surface area contributed by atoms with Crippen molar-refractivity contribution in [2.24, 2.45) is 5.16 Å². The molecule has 1 aliphatic rings. The molecular weight excluding hydrogens is 219 g/mol. The molecule has 1 aromatic rings. The molecule has 1 aliphatic carbocycles. The zero-order chi connectivity index (χ0) is 11.6. The second-order valence-corrected chi connectivity index (χ2v) is 3.55. The Kier molecular flexibility index (Phi) is 2.85. The molecule has 0 bridgehead atoms. The topological polar surface area (TPSA) is 21.6 Å². The highest BCUT2D eigenvalue weighted by molar-refractivity contribution is 5.81. The van der Waals surface area contributed by atoms with Gasteiger partial charge in [-0.25, -0.2) is 0 Å². The lowest BCUT2D eigenvalue weighted by Gasteiger charge is -2.08. The first-order valence-corrected chi connectivity index (χ1v) is 4.85. The first-order valence-electron chi connectivity index (χ1n) is 4.85. The summed E-state index contributed by atoms with van der Waals surface area (Å²) in [6, 6.07) is 5.14. The molecule has 85 valence electrons. The molecule has 2 rings (SSSR count). The molecule has 1 saturated carbocycles. The first kappa shape index (κ1) is 11.0. The number of alkyl halides is 3. The zero-order valence-corrected chi connectivity index (χ0v) is 8.29. The van der Waals surface area contributed by atoms with E-state index < -0.39 is 11.7 Å². The van der Waals surface area contributed by atoms with E-state index in [0.717, 1.165) is 18.9 Å². The third-order valence-electron chi connectivity index (χ3n) is 2.12. The van der Waals surface area contributed by atoms with Crippen LogP contribution in [0.5, 0.6) is 0 Å². The van der Waals surface area contributed by atoms with Gasteiger partial charge in [-0.15, -0.1) is 0 Å². The van der Waals surface area contributed by atoms with Crippen molar-refractivity contribution in [2.45, 2.75) is 25.1 Å². The molecule has 1 radical (unpaired) electrons. The van der Waals surface area contributed by atoms with Gasteiger partial charge in [0, 0.05) is 5.56 Å². The summed E-state index contributed by atoms with van der Waals surface area (Å²) in [5, 5.41) is 3.43. The lowest BCUT2D eigenvalue weighted by molar-refractivity contribution is -0.137. The van der Waals surface area contributed by atoms with Crippen LogP contribution in [0, 0.1) is 0 Å². The summed E-state index contributed by atoms with van der Waals surface area (Å²) in [4.78, 5) is 4.87. The number of hydrogen-bond acceptors (Lipinski definition) is 2. The Morgan fingerprint density at radius 2 is 1.94 bits per heavy atom. The van der Waals surface area contributed by atoms with E-state index in [4.69, 9.17) is 4.84 Å². The quantitative estimate of drug-likeness (QED) is 0.575. The third-order valence-corrected chi connectivity index (χ3v) is 2.12. The number of halogens is 3. The molecule has 0 heterocycles. The maximum atomic E-state index is 12.5. The average molecular weight is 228 g/mol. The van der Waals surface area contributed by atoms with Crippen molar-refractivity contribution >= 4 is 6.21 Å². The van der Waals surface area contributed by atoms with Gasteiger partial charge in [0.2, 0.25) is 0 Å². The maximum absolute atomic E-state index is 12.5. The zero-order valence-electron chi connectivity index (χ0n) is 8.29. The average Bonchev–Trinajstić information content (AvgIpc) is 3.01. The molecule has 5 heteroatoms. The molecule has 2 nitrogen and oxygen atoms in total. The second-order valence-electron chi connectivity index (χ2n) is 3.55. The molecule has 0 amide bonds. The molecular formula is C11H9F3NO. The number of benzene rings is 1. The normalized spacial score (nSPS) is 16.7. The molecule has 0 spiro atoms. The highest BCUT2D eigenvalue weighted by Gasteiger charge is 2.32. The monoisotopic (exact) mass is 228 g/mol. The van der Waals surface area contributed by atoms with Gasteiger partial charge in [0.1, 0.15) is 12.3 Å². The van der Waals surface area contributed by atoms with Crippen LogP contribution in [-0.2, 0) is 11.0 Å². The predicted octanol–water partition coefficient (Wildman–Crippen LogP) is 3.10. The largest absolute Gasteiger partial charge is 0.417 e. The minimum Gasteiger partial charge on any atom is -0.392 e. The van der Waals surface area contributed by atoms with Crippen LogP contribution in [0.25, 0.3) is 0 Å². The van der Waals surface area contributed by atoms with Crippen LogP contribution in [0.3, 0.4) is 0 Å². The van der Waals surface area contributed by atoms with Crippen LogP contribution in [0.4, 0.5) is 13.2 Å². The highest BCUT2D eigenvalue weighted by atomic mass is 19.4. The van der Waals surface area contributed by atoms with Gasteiger partial charge < -0.3 is 4.84 Å². The van der Waals surface area contributed by atoms with Gasteiger partial charge in [0.25, 0.3) is 0 Å². The van der Waals surface area contributed by atoms with Gasteiger partial charge in [0.15, 0.2) is 0 Å². The summed E-state index contributed by atoms with van der Waals surface area (Å²) in [5.41, 5.74) is -0.853. The van der Waals surface area contributed by atoms with Crippen molar-refractivity contribution in [3.63, 3.8) is 0 Å². The van der Waals surface area contributed by atoms with Crippen molar-refractivity contribution in [2.75, 3.05) is 0 Å². The van der Waals surface area contributed by atoms with Crippen molar-refractivity contribution in [3.05, 3.63) is 35.4 Å². The highest BCUT2D eigenvalue weighted by Crippen LogP contribution is 2.31. The third kappa shape index (κ3) is 2.74. The molecule has 1 aromatic carbocycles. The van der Waals surface area contributed by atoms with E-state index in [1.54, 1.807) is 0 Å². The van der Waals surface area contributed by atoms with Gasteiger partial charge in [-0.1, -0.05) is 23.4 Å². The summed E-state index contributed by atoms with van der Waals surface area (Å²) < 4.78 is 37.6. The fourth-order valence-corrected chi connectivity index (χ4v) is 1.15. The van der Waals surface area contributed by atoms with Crippen LogP contribution in [0.2, 0.25) is 0 Å². The van der Waals surface area contributed by atoms with E-state index in [1.165, 1.54) is 18.2 Å². The minimum atomic E-state index is -4.39. The fourth-order valence-electron chi connectivity index (χ4n) is 1.15. The standard InChI is InChI=1S/C11H9F3NO/c12-11(13,14)10-4-2-1-3-8(10)7-15-16-9-5-6-9/h1-4,9H,5-6H2. The van der Waals surface area contributed by atoms with E-state index in [1.807, 2.05) is 0 Å². The summed E-state index contributed by atoms with van der Waals surface area (Å²) >= 11 is 0. The molecule has 0 atom stereocenters. The smallest absolute Gasteiger partial charge is 0.392 e. The van der Waals surface area contributed by atoms with E-state index >= 15 is 0 Å². The summed E-state index contributed by atoms with van der Waals surface area (Å²) in [5.74, 6) is 0. The van der Waals surface area contributed by atoms with E-state index in [2.05, 4.69) is 11.4 Å². The van der Waals surface area contributed by atoms with Crippen LogP contribution in [0.15, 0.2) is 29.4 Å². The lowest BCUT2D eigenvalue weighted by atomic mass is 10.1. The number of nitrogens with zero attached hydrogens (tertiary/aromatic N) is 1. The van der Waals surface area contributed by atoms with Crippen molar-refractivity contribution in [1.82, 2.24) is 0 Å². The second kappa shape index (κ2) is 4.15. The molecule has 16 heavy (non-hydrogen) atoms. The van der Waals surface area contributed by atoms with Crippen molar-refractivity contribution in [1.29, 1.82) is 0 Å². The Bertz CT molecular complexity index is 396. The van der Waals surface area contributed by atoms with Gasteiger partial charge in [-0.3, -0.25) is 0 Å². The molecule has 0 saturated heterocycles. The molecule has 0 unspecified atom stereocenters. The van der Waals surface area contributed by atoms with Crippen LogP contribution >= 0.6 is 0 Å². The number of hydrogen-bond donors (Lipinski definition) is 0. The Hall–Kier alpha value is -1.52. The van der Waals surface area contributed by atoms with Crippen molar-refractivity contribution < 1.29 is 18.0 Å². The minimum absolute atomic E-state index is 0.0607. The summed E-state index contributed by atoms with van der Waals surface area (Å²) in [7, 11) is 0. The Balaban J connectivity index is 2.15. The van der Waals surface area contributed by atoms with Crippen molar-refractivity contribution in [3.8, 4) is 0 Å². The van der Waals surface area contributed by atoms with Crippen LogP contribution < -0.4 is 0 Å².